The monoisotopic (exact) mass is 672 g/mol. The topological polar surface area (TPSA) is 28.7 Å². The molecule has 9 aromatic carbocycles. The average molecular weight is 673 g/mol. The summed E-state index contributed by atoms with van der Waals surface area (Å²) < 4.78 is 2.26. The van der Waals surface area contributed by atoms with Crippen molar-refractivity contribution in [2.24, 2.45) is 0 Å². The molecule has 0 fully saturated rings. The second-order valence-corrected chi connectivity index (χ2v) is 13.6. The molecule has 10 aromatic rings. The maximum absolute atomic E-state index is 10.5. The number of para-hydroxylation sites is 2. The van der Waals surface area contributed by atoms with Crippen LogP contribution in [0, 0.1) is 11.3 Å². The van der Waals surface area contributed by atoms with Crippen molar-refractivity contribution in [3.05, 3.63) is 200 Å². The van der Waals surface area contributed by atoms with E-state index >= 15 is 0 Å². The molecular formula is C51H32N2. The van der Waals surface area contributed by atoms with Gasteiger partial charge in [0.15, 0.2) is 0 Å². The standard InChI is InChI=1S/C51H32N2/c52-33-39-32-40(53-48-26-10-8-20-42(48)43-21-9-11-27-49(43)53)28-29-41(39)37-18-12-16-35(30-37)36-17-13-19-38(31-36)51-46-24-6-4-22-44(46)50(34-14-2-1-3-15-34)45-23-5-7-25-47(45)51/h1-32H. The van der Waals surface area contributed by atoms with Gasteiger partial charge in [0.05, 0.1) is 22.7 Å². The Hall–Kier alpha value is -7.21. The molecule has 0 unspecified atom stereocenters. The summed E-state index contributed by atoms with van der Waals surface area (Å²) in [5, 5.41) is 17.8. The lowest BCUT2D eigenvalue weighted by Gasteiger charge is -2.18. The molecule has 0 saturated heterocycles. The first-order valence-corrected chi connectivity index (χ1v) is 18.0. The summed E-state index contributed by atoms with van der Waals surface area (Å²) in [5.74, 6) is 0. The fourth-order valence-electron chi connectivity index (χ4n) is 8.29. The molecule has 246 valence electrons. The number of rotatable bonds is 5. The Bertz CT molecular complexity index is 2960. The third-order valence-electron chi connectivity index (χ3n) is 10.6. The smallest absolute Gasteiger partial charge is 0.0998 e. The highest BCUT2D eigenvalue weighted by Crippen LogP contribution is 2.44. The van der Waals surface area contributed by atoms with Crippen LogP contribution in [0.3, 0.4) is 0 Å². The normalized spacial score (nSPS) is 11.4. The van der Waals surface area contributed by atoms with Crippen LogP contribution < -0.4 is 0 Å². The molecule has 2 nitrogen and oxygen atoms in total. The lowest BCUT2D eigenvalue weighted by atomic mass is 9.85. The van der Waals surface area contributed by atoms with E-state index in [0.29, 0.717) is 5.56 Å². The largest absolute Gasteiger partial charge is 0.309 e. The summed E-state index contributed by atoms with van der Waals surface area (Å²) >= 11 is 0. The van der Waals surface area contributed by atoms with Gasteiger partial charge in [-0.3, -0.25) is 0 Å². The number of nitriles is 1. The lowest BCUT2D eigenvalue weighted by molar-refractivity contribution is 1.18. The van der Waals surface area contributed by atoms with Gasteiger partial charge in [0, 0.05) is 16.5 Å². The maximum atomic E-state index is 10.5. The lowest BCUT2D eigenvalue weighted by Crippen LogP contribution is -1.96. The molecule has 0 aliphatic carbocycles. The summed E-state index contributed by atoms with van der Waals surface area (Å²) in [7, 11) is 0. The predicted molar refractivity (Wildman–Crippen MR) is 222 cm³/mol. The van der Waals surface area contributed by atoms with Gasteiger partial charge in [-0.15, -0.1) is 0 Å². The van der Waals surface area contributed by atoms with Crippen molar-refractivity contribution in [2.75, 3.05) is 0 Å². The number of nitrogens with zero attached hydrogens (tertiary/aromatic N) is 2. The molecule has 0 bridgehead atoms. The van der Waals surface area contributed by atoms with Crippen molar-refractivity contribution in [3.8, 4) is 56.3 Å². The minimum Gasteiger partial charge on any atom is -0.309 e. The Morgan fingerprint density at radius 2 is 0.774 bits per heavy atom. The van der Waals surface area contributed by atoms with Crippen molar-refractivity contribution >= 4 is 43.4 Å². The van der Waals surface area contributed by atoms with Crippen molar-refractivity contribution in [3.63, 3.8) is 0 Å². The van der Waals surface area contributed by atoms with E-state index in [-0.39, 0.29) is 0 Å². The molecule has 1 heterocycles. The van der Waals surface area contributed by atoms with Crippen molar-refractivity contribution in [2.45, 2.75) is 0 Å². The first-order chi connectivity index (χ1) is 26.3. The SMILES string of the molecule is N#Cc1cc(-n2c3ccccc3c3ccccc32)ccc1-c1cccc(-c2cccc(-c3c4ccccc4c(-c4ccccc4)c4ccccc34)c2)c1. The molecule has 0 radical (unpaired) electrons. The zero-order valence-corrected chi connectivity index (χ0v) is 28.9. The van der Waals surface area contributed by atoms with Crippen LogP contribution in [-0.2, 0) is 0 Å². The van der Waals surface area contributed by atoms with Crippen LogP contribution in [0.5, 0.6) is 0 Å². The fraction of sp³-hybridized carbons (Fsp3) is 0. The molecule has 0 atom stereocenters. The summed E-state index contributed by atoms with van der Waals surface area (Å²) in [6.45, 7) is 0. The first kappa shape index (κ1) is 30.6. The van der Waals surface area contributed by atoms with Gasteiger partial charge in [-0.25, -0.2) is 0 Å². The Morgan fingerprint density at radius 1 is 0.340 bits per heavy atom. The molecule has 0 aliphatic rings. The van der Waals surface area contributed by atoms with Crippen LogP contribution in [0.4, 0.5) is 0 Å². The Kier molecular flexibility index (Phi) is 7.23. The Balaban J connectivity index is 1.09. The predicted octanol–water partition coefficient (Wildman–Crippen LogP) is 13.6. The molecule has 0 N–H and O–H groups in total. The molecular weight excluding hydrogens is 641 g/mol. The molecule has 2 heteroatoms. The van der Waals surface area contributed by atoms with E-state index in [0.717, 1.165) is 39.0 Å². The van der Waals surface area contributed by atoms with Crippen LogP contribution in [-0.4, -0.2) is 4.57 Å². The van der Waals surface area contributed by atoms with E-state index in [1.165, 1.54) is 54.6 Å². The van der Waals surface area contributed by atoms with E-state index in [4.69, 9.17) is 0 Å². The maximum Gasteiger partial charge on any atom is 0.0998 e. The van der Waals surface area contributed by atoms with E-state index in [2.05, 4.69) is 199 Å². The van der Waals surface area contributed by atoms with Crippen LogP contribution in [0.1, 0.15) is 5.56 Å². The van der Waals surface area contributed by atoms with Gasteiger partial charge in [-0.1, -0.05) is 158 Å². The average Bonchev–Trinajstić information content (AvgIpc) is 3.57. The van der Waals surface area contributed by atoms with E-state index in [9.17, 15) is 5.26 Å². The summed E-state index contributed by atoms with van der Waals surface area (Å²) in [5.41, 5.74) is 12.9. The van der Waals surface area contributed by atoms with Crippen LogP contribution >= 0.6 is 0 Å². The van der Waals surface area contributed by atoms with Gasteiger partial charge in [0.2, 0.25) is 0 Å². The number of hydrogen-bond acceptors (Lipinski definition) is 1. The third kappa shape index (κ3) is 5.02. The summed E-state index contributed by atoms with van der Waals surface area (Å²) in [6.07, 6.45) is 0. The van der Waals surface area contributed by atoms with Crippen molar-refractivity contribution in [1.29, 1.82) is 5.26 Å². The Labute approximate surface area is 308 Å². The number of aromatic nitrogens is 1. The molecule has 1 aromatic heterocycles. The van der Waals surface area contributed by atoms with Crippen LogP contribution in [0.2, 0.25) is 0 Å². The highest BCUT2D eigenvalue weighted by Gasteiger charge is 2.18. The minimum atomic E-state index is 0.645. The number of benzene rings is 9. The van der Waals surface area contributed by atoms with Gasteiger partial charge in [-0.05, 0) is 102 Å². The van der Waals surface area contributed by atoms with Crippen LogP contribution in [0.15, 0.2) is 194 Å². The second-order valence-electron chi connectivity index (χ2n) is 13.6. The summed E-state index contributed by atoms with van der Waals surface area (Å²) in [4.78, 5) is 0. The van der Waals surface area contributed by atoms with Crippen LogP contribution in [0.25, 0.3) is 93.5 Å². The number of hydrogen-bond donors (Lipinski definition) is 0. The highest BCUT2D eigenvalue weighted by molar-refractivity contribution is 6.21. The molecule has 0 amide bonds. The molecule has 10 rings (SSSR count). The van der Waals surface area contributed by atoms with Gasteiger partial charge in [-0.2, -0.15) is 5.26 Å². The molecule has 0 saturated carbocycles. The van der Waals surface area contributed by atoms with E-state index in [1.807, 2.05) is 6.07 Å². The summed E-state index contributed by atoms with van der Waals surface area (Å²) in [6, 6.07) is 71.5. The molecule has 0 spiro atoms. The first-order valence-electron chi connectivity index (χ1n) is 18.0. The van der Waals surface area contributed by atoms with Gasteiger partial charge in [0.25, 0.3) is 0 Å². The molecule has 53 heavy (non-hydrogen) atoms. The van der Waals surface area contributed by atoms with Gasteiger partial charge in [0.1, 0.15) is 0 Å². The quantitative estimate of drug-likeness (QED) is 0.167. The molecule has 0 aliphatic heterocycles. The van der Waals surface area contributed by atoms with Gasteiger partial charge >= 0.3 is 0 Å². The Morgan fingerprint density at radius 3 is 1.34 bits per heavy atom. The van der Waals surface area contributed by atoms with Crippen molar-refractivity contribution < 1.29 is 0 Å². The fourth-order valence-corrected chi connectivity index (χ4v) is 8.29. The number of fused-ring (bicyclic) bond motifs is 5. The van der Waals surface area contributed by atoms with E-state index in [1.54, 1.807) is 0 Å². The third-order valence-corrected chi connectivity index (χ3v) is 10.6. The minimum absolute atomic E-state index is 0.645. The highest BCUT2D eigenvalue weighted by atomic mass is 15.0. The van der Waals surface area contributed by atoms with Crippen molar-refractivity contribution in [1.82, 2.24) is 4.57 Å². The zero-order valence-electron chi connectivity index (χ0n) is 28.9. The van der Waals surface area contributed by atoms with E-state index < -0.39 is 0 Å². The second kappa shape index (κ2) is 12.5. The van der Waals surface area contributed by atoms with Gasteiger partial charge < -0.3 is 4.57 Å². The zero-order chi connectivity index (χ0) is 35.3.